The van der Waals surface area contributed by atoms with Crippen LogP contribution in [0.1, 0.15) is 65.4 Å². The molecule has 0 heterocycles. The normalized spacial score (nSPS) is 18.6. The molecular formula is C18H30O2. The zero-order valence-corrected chi connectivity index (χ0v) is 13.5. The SMILES string of the molecule is CC.CCOc1cccc(C(C)(O)C2CCCCC2)c1. The zero-order valence-electron chi connectivity index (χ0n) is 13.5. The summed E-state index contributed by atoms with van der Waals surface area (Å²) >= 11 is 0. The highest BCUT2D eigenvalue weighted by Gasteiger charge is 2.34. The van der Waals surface area contributed by atoms with E-state index in [1.165, 1.54) is 19.3 Å². The maximum absolute atomic E-state index is 10.8. The predicted molar refractivity (Wildman–Crippen MR) is 85.1 cm³/mol. The minimum absolute atomic E-state index is 0.378. The highest BCUT2D eigenvalue weighted by Crippen LogP contribution is 2.39. The first-order chi connectivity index (χ1) is 9.64. The zero-order chi connectivity index (χ0) is 15.0. The molecule has 2 heteroatoms. The fourth-order valence-corrected chi connectivity index (χ4v) is 2.97. The molecule has 0 saturated heterocycles. The molecule has 1 aromatic rings. The van der Waals surface area contributed by atoms with Crippen LogP contribution in [0.5, 0.6) is 5.75 Å². The molecule has 0 bridgehead atoms. The van der Waals surface area contributed by atoms with Crippen LogP contribution < -0.4 is 4.74 Å². The fraction of sp³-hybridized carbons (Fsp3) is 0.667. The van der Waals surface area contributed by atoms with Crippen molar-refractivity contribution in [1.82, 2.24) is 0 Å². The molecule has 0 radical (unpaired) electrons. The van der Waals surface area contributed by atoms with Crippen molar-refractivity contribution in [3.8, 4) is 5.75 Å². The van der Waals surface area contributed by atoms with E-state index in [-0.39, 0.29) is 0 Å². The van der Waals surface area contributed by atoms with Crippen molar-refractivity contribution in [2.75, 3.05) is 6.61 Å². The van der Waals surface area contributed by atoms with E-state index in [0.717, 1.165) is 24.2 Å². The van der Waals surface area contributed by atoms with E-state index in [9.17, 15) is 5.11 Å². The molecule has 1 aromatic carbocycles. The van der Waals surface area contributed by atoms with Gasteiger partial charge in [0.25, 0.3) is 0 Å². The van der Waals surface area contributed by atoms with Crippen molar-refractivity contribution in [2.24, 2.45) is 5.92 Å². The van der Waals surface area contributed by atoms with Crippen LogP contribution in [0.3, 0.4) is 0 Å². The Morgan fingerprint density at radius 2 is 1.85 bits per heavy atom. The van der Waals surface area contributed by atoms with Gasteiger partial charge >= 0.3 is 0 Å². The molecule has 1 saturated carbocycles. The summed E-state index contributed by atoms with van der Waals surface area (Å²) in [5, 5.41) is 10.8. The molecule has 1 unspecified atom stereocenters. The summed E-state index contributed by atoms with van der Waals surface area (Å²) in [5.74, 6) is 1.23. The van der Waals surface area contributed by atoms with E-state index >= 15 is 0 Å². The minimum Gasteiger partial charge on any atom is -0.494 e. The van der Waals surface area contributed by atoms with Crippen LogP contribution in [0, 0.1) is 5.92 Å². The van der Waals surface area contributed by atoms with Gasteiger partial charge in [0.15, 0.2) is 0 Å². The average Bonchev–Trinajstić information content (AvgIpc) is 2.51. The lowest BCUT2D eigenvalue weighted by Crippen LogP contribution is -2.33. The Hall–Kier alpha value is -1.02. The van der Waals surface area contributed by atoms with Gasteiger partial charge in [0.2, 0.25) is 0 Å². The number of hydrogen-bond donors (Lipinski definition) is 1. The molecule has 1 atom stereocenters. The lowest BCUT2D eigenvalue weighted by molar-refractivity contribution is -0.0216. The Bertz CT molecular complexity index is 379. The predicted octanol–water partition coefficient (Wildman–Crippen LogP) is 4.90. The summed E-state index contributed by atoms with van der Waals surface area (Å²) in [4.78, 5) is 0. The highest BCUT2D eigenvalue weighted by molar-refractivity contribution is 5.32. The molecule has 114 valence electrons. The molecule has 1 N–H and O–H groups in total. The number of rotatable bonds is 4. The average molecular weight is 278 g/mol. The molecule has 1 fully saturated rings. The van der Waals surface area contributed by atoms with Gasteiger partial charge in [-0.15, -0.1) is 0 Å². The first kappa shape index (κ1) is 17.0. The largest absolute Gasteiger partial charge is 0.494 e. The van der Waals surface area contributed by atoms with Crippen LogP contribution in [0.15, 0.2) is 24.3 Å². The molecule has 1 aliphatic rings. The standard InChI is InChI=1S/C16H24O2.C2H6/c1-3-18-15-11-7-10-14(12-15)16(2,17)13-8-5-4-6-9-13;1-2/h7,10-13,17H,3-6,8-9H2,1-2H3;1-2H3. The summed E-state index contributed by atoms with van der Waals surface area (Å²) < 4.78 is 5.52. The van der Waals surface area contributed by atoms with Gasteiger partial charge in [-0.1, -0.05) is 45.2 Å². The van der Waals surface area contributed by atoms with Crippen LogP contribution in [-0.2, 0) is 5.60 Å². The van der Waals surface area contributed by atoms with Gasteiger partial charge in [-0.3, -0.25) is 0 Å². The lowest BCUT2D eigenvalue weighted by atomic mass is 9.74. The molecule has 1 aliphatic carbocycles. The van der Waals surface area contributed by atoms with Gasteiger partial charge in [-0.25, -0.2) is 0 Å². The van der Waals surface area contributed by atoms with E-state index in [4.69, 9.17) is 4.74 Å². The Morgan fingerprint density at radius 3 is 2.45 bits per heavy atom. The molecule has 20 heavy (non-hydrogen) atoms. The molecule has 0 amide bonds. The van der Waals surface area contributed by atoms with Gasteiger partial charge in [-0.2, -0.15) is 0 Å². The number of aliphatic hydroxyl groups is 1. The van der Waals surface area contributed by atoms with Gasteiger partial charge < -0.3 is 9.84 Å². The van der Waals surface area contributed by atoms with Gasteiger partial charge in [0.1, 0.15) is 5.75 Å². The summed E-state index contributed by atoms with van der Waals surface area (Å²) in [6, 6.07) is 7.91. The topological polar surface area (TPSA) is 29.5 Å². The number of hydrogen-bond acceptors (Lipinski definition) is 2. The van der Waals surface area contributed by atoms with Crippen molar-refractivity contribution in [2.45, 2.75) is 65.4 Å². The van der Waals surface area contributed by atoms with Crippen molar-refractivity contribution in [1.29, 1.82) is 0 Å². The van der Waals surface area contributed by atoms with Crippen LogP contribution in [0.25, 0.3) is 0 Å². The first-order valence-electron chi connectivity index (χ1n) is 8.10. The highest BCUT2D eigenvalue weighted by atomic mass is 16.5. The van der Waals surface area contributed by atoms with Gasteiger partial charge in [-0.05, 0) is 50.3 Å². The van der Waals surface area contributed by atoms with Crippen molar-refractivity contribution in [3.63, 3.8) is 0 Å². The monoisotopic (exact) mass is 278 g/mol. The Morgan fingerprint density at radius 1 is 1.20 bits per heavy atom. The van der Waals surface area contributed by atoms with Crippen molar-refractivity contribution >= 4 is 0 Å². The Kier molecular flexibility index (Phi) is 7.08. The van der Waals surface area contributed by atoms with Gasteiger partial charge in [0.05, 0.1) is 12.2 Å². The molecule has 0 aromatic heterocycles. The molecule has 2 rings (SSSR count). The van der Waals surface area contributed by atoms with Crippen molar-refractivity contribution < 1.29 is 9.84 Å². The summed E-state index contributed by atoms with van der Waals surface area (Å²) in [7, 11) is 0. The second-order valence-electron chi connectivity index (χ2n) is 5.44. The van der Waals surface area contributed by atoms with Crippen LogP contribution >= 0.6 is 0 Å². The van der Waals surface area contributed by atoms with Crippen LogP contribution in [-0.4, -0.2) is 11.7 Å². The minimum atomic E-state index is -0.729. The van der Waals surface area contributed by atoms with Crippen LogP contribution in [0.2, 0.25) is 0 Å². The van der Waals surface area contributed by atoms with E-state index in [2.05, 4.69) is 0 Å². The summed E-state index contributed by atoms with van der Waals surface area (Å²) in [5.41, 5.74) is 0.258. The quantitative estimate of drug-likeness (QED) is 0.849. The van der Waals surface area contributed by atoms with E-state index in [1.54, 1.807) is 0 Å². The molecule has 0 aliphatic heterocycles. The molecular weight excluding hydrogens is 248 g/mol. The maximum atomic E-state index is 10.8. The third-order valence-corrected chi connectivity index (χ3v) is 4.13. The Balaban J connectivity index is 0.000000956. The Labute approximate surface area is 124 Å². The maximum Gasteiger partial charge on any atom is 0.119 e. The second-order valence-corrected chi connectivity index (χ2v) is 5.44. The first-order valence-corrected chi connectivity index (χ1v) is 8.10. The smallest absolute Gasteiger partial charge is 0.119 e. The second kappa shape index (κ2) is 8.31. The summed E-state index contributed by atoms with van der Waals surface area (Å²) in [6.45, 7) is 8.59. The van der Waals surface area contributed by atoms with E-state index in [0.29, 0.717) is 12.5 Å². The number of ether oxygens (including phenoxy) is 1. The van der Waals surface area contributed by atoms with Crippen LogP contribution in [0.4, 0.5) is 0 Å². The number of benzene rings is 1. The lowest BCUT2D eigenvalue weighted by Gasteiger charge is -2.36. The van der Waals surface area contributed by atoms with Crippen molar-refractivity contribution in [3.05, 3.63) is 29.8 Å². The van der Waals surface area contributed by atoms with E-state index in [1.807, 2.05) is 52.0 Å². The summed E-state index contributed by atoms with van der Waals surface area (Å²) in [6.07, 6.45) is 6.06. The molecule has 0 spiro atoms. The third-order valence-electron chi connectivity index (χ3n) is 4.13. The fourth-order valence-electron chi connectivity index (χ4n) is 2.97. The van der Waals surface area contributed by atoms with E-state index < -0.39 is 5.60 Å². The molecule has 2 nitrogen and oxygen atoms in total. The van der Waals surface area contributed by atoms with Gasteiger partial charge in [0, 0.05) is 0 Å². The third kappa shape index (κ3) is 4.24.